The zero-order valence-electron chi connectivity index (χ0n) is 19.6. The average molecular weight is 514 g/mol. The molecule has 1 aromatic heterocycles. The molecule has 1 aliphatic rings. The van der Waals surface area contributed by atoms with Crippen molar-refractivity contribution in [1.29, 1.82) is 0 Å². The molecule has 10 heteroatoms. The molecule has 0 fully saturated rings. The van der Waals surface area contributed by atoms with E-state index in [0.29, 0.717) is 6.61 Å². The van der Waals surface area contributed by atoms with Gasteiger partial charge in [-0.2, -0.15) is 4.98 Å². The number of carbonyl (C=O) groups is 2. The summed E-state index contributed by atoms with van der Waals surface area (Å²) in [5.41, 5.74) is 0.550. The Morgan fingerprint density at radius 1 is 0.971 bits per heavy atom. The van der Waals surface area contributed by atoms with Crippen LogP contribution < -0.4 is 14.4 Å². The van der Waals surface area contributed by atoms with Crippen molar-refractivity contribution in [2.45, 2.75) is 38.0 Å². The summed E-state index contributed by atoms with van der Waals surface area (Å²) >= 11 is 6.26. The van der Waals surface area contributed by atoms with Crippen LogP contribution in [0.4, 0.5) is 11.5 Å². The zero-order chi connectivity index (χ0) is 25.5. The van der Waals surface area contributed by atoms with Gasteiger partial charge in [-0.05, 0) is 48.2 Å². The highest BCUT2D eigenvalue weighted by molar-refractivity contribution is 7.92. The quantitative estimate of drug-likeness (QED) is 0.463. The normalized spacial score (nSPS) is 13.7. The van der Waals surface area contributed by atoms with Crippen molar-refractivity contribution in [1.82, 2.24) is 4.98 Å². The maximum atomic E-state index is 13.4. The minimum absolute atomic E-state index is 0.0221. The fraction of sp³-hybridized carbons (Fsp3) is 0.240. The van der Waals surface area contributed by atoms with E-state index in [1.165, 1.54) is 30.3 Å². The Hall–Kier alpha value is -3.43. The van der Waals surface area contributed by atoms with Crippen LogP contribution in [-0.2, 0) is 15.4 Å². The molecule has 1 N–H and O–H groups in total. The van der Waals surface area contributed by atoms with Gasteiger partial charge >= 0.3 is 0 Å². The largest absolute Gasteiger partial charge is 0.478 e. The molecule has 4 rings (SSSR count). The lowest BCUT2D eigenvalue weighted by atomic mass is 9.87. The minimum atomic E-state index is -4.06. The van der Waals surface area contributed by atoms with E-state index < -0.39 is 21.8 Å². The summed E-state index contributed by atoms with van der Waals surface area (Å²) in [5.74, 6) is -1.15. The molecule has 0 bridgehead atoms. The molecule has 0 radical (unpaired) electrons. The third-order valence-corrected chi connectivity index (χ3v) is 7.19. The standard InChI is InChI=1S/C25H24ClN3O5S/c1-5-34-20-8-6-7-19(27-20)29-23(30)21-17(26)13-14-18(22(21)24(29)31)28-35(32,33)16-11-9-15(10-12-16)25(2,3)4/h6-14,28H,5H2,1-4H3. The van der Waals surface area contributed by atoms with Crippen LogP contribution in [0, 0.1) is 0 Å². The van der Waals surface area contributed by atoms with Gasteiger partial charge in [0.05, 0.1) is 33.3 Å². The molecule has 0 aliphatic carbocycles. The van der Waals surface area contributed by atoms with Gasteiger partial charge in [0.25, 0.3) is 21.8 Å². The molecule has 0 saturated carbocycles. The van der Waals surface area contributed by atoms with Gasteiger partial charge < -0.3 is 4.74 Å². The molecule has 182 valence electrons. The molecule has 2 amide bonds. The Morgan fingerprint density at radius 3 is 2.26 bits per heavy atom. The molecular formula is C25H24ClN3O5S. The van der Waals surface area contributed by atoms with Gasteiger partial charge in [-0.3, -0.25) is 14.3 Å². The van der Waals surface area contributed by atoms with Crippen LogP contribution in [-0.4, -0.2) is 31.8 Å². The van der Waals surface area contributed by atoms with Crippen LogP contribution in [0.15, 0.2) is 59.5 Å². The van der Waals surface area contributed by atoms with Crippen molar-refractivity contribution < 1.29 is 22.7 Å². The summed E-state index contributed by atoms with van der Waals surface area (Å²) in [5, 5.41) is 0.0271. The van der Waals surface area contributed by atoms with Gasteiger partial charge in [0.15, 0.2) is 0 Å². The first-order chi connectivity index (χ1) is 16.4. The number of benzene rings is 2. The summed E-state index contributed by atoms with van der Waals surface area (Å²) in [4.78, 5) is 31.6. The van der Waals surface area contributed by atoms with Crippen LogP contribution in [0.3, 0.4) is 0 Å². The highest BCUT2D eigenvalue weighted by atomic mass is 35.5. The first-order valence-electron chi connectivity index (χ1n) is 10.9. The fourth-order valence-corrected chi connectivity index (χ4v) is 5.02. The Balaban J connectivity index is 1.72. The first kappa shape index (κ1) is 24.7. The smallest absolute Gasteiger partial charge is 0.269 e. The van der Waals surface area contributed by atoms with Crippen molar-refractivity contribution in [2.24, 2.45) is 0 Å². The molecule has 2 heterocycles. The minimum Gasteiger partial charge on any atom is -0.478 e. The van der Waals surface area contributed by atoms with Crippen LogP contribution in [0.5, 0.6) is 5.88 Å². The SMILES string of the molecule is CCOc1cccc(N2C(=O)c3c(Cl)ccc(NS(=O)(=O)c4ccc(C(C)(C)C)cc4)c3C2=O)n1. The summed E-state index contributed by atoms with van der Waals surface area (Å²) in [6.07, 6.45) is 0. The van der Waals surface area contributed by atoms with E-state index >= 15 is 0 Å². The van der Waals surface area contributed by atoms with Crippen LogP contribution >= 0.6 is 11.6 Å². The van der Waals surface area contributed by atoms with Crippen LogP contribution in [0.1, 0.15) is 54.0 Å². The summed E-state index contributed by atoms with van der Waals surface area (Å²) in [6, 6.07) is 13.9. The zero-order valence-corrected chi connectivity index (χ0v) is 21.2. The molecule has 2 aromatic carbocycles. The Kier molecular flexibility index (Phi) is 6.33. The van der Waals surface area contributed by atoms with E-state index in [9.17, 15) is 18.0 Å². The van der Waals surface area contributed by atoms with Gasteiger partial charge in [0, 0.05) is 6.07 Å². The number of halogens is 1. The van der Waals surface area contributed by atoms with E-state index in [-0.39, 0.29) is 43.8 Å². The fourth-order valence-electron chi connectivity index (χ4n) is 3.71. The molecule has 8 nitrogen and oxygen atoms in total. The number of nitrogens with zero attached hydrogens (tertiary/aromatic N) is 2. The maximum absolute atomic E-state index is 13.4. The number of rotatable bonds is 6. The second-order valence-corrected chi connectivity index (χ2v) is 11.0. The van der Waals surface area contributed by atoms with Gasteiger partial charge in [0.2, 0.25) is 5.88 Å². The number of sulfonamides is 1. The van der Waals surface area contributed by atoms with E-state index in [0.717, 1.165) is 10.5 Å². The van der Waals surface area contributed by atoms with Crippen molar-refractivity contribution >= 4 is 44.9 Å². The molecular weight excluding hydrogens is 490 g/mol. The number of aromatic nitrogens is 1. The van der Waals surface area contributed by atoms with Gasteiger partial charge in [-0.25, -0.2) is 13.3 Å². The third-order valence-electron chi connectivity index (χ3n) is 5.49. The molecule has 1 aliphatic heterocycles. The van der Waals surface area contributed by atoms with Crippen molar-refractivity contribution in [3.8, 4) is 5.88 Å². The van der Waals surface area contributed by atoms with E-state index in [4.69, 9.17) is 16.3 Å². The number of amides is 2. The number of ether oxygens (including phenoxy) is 1. The highest BCUT2D eigenvalue weighted by Crippen LogP contribution is 2.37. The average Bonchev–Trinajstić information content (AvgIpc) is 3.07. The number of hydrogen-bond acceptors (Lipinski definition) is 6. The van der Waals surface area contributed by atoms with Gasteiger partial charge in [0.1, 0.15) is 5.82 Å². The molecule has 3 aromatic rings. The third kappa shape index (κ3) is 4.61. The van der Waals surface area contributed by atoms with E-state index in [1.807, 2.05) is 20.8 Å². The van der Waals surface area contributed by atoms with Crippen molar-refractivity contribution in [3.05, 3.63) is 76.3 Å². The lowest BCUT2D eigenvalue weighted by Crippen LogP contribution is -2.30. The van der Waals surface area contributed by atoms with Crippen LogP contribution in [0.25, 0.3) is 0 Å². The number of carbonyl (C=O) groups excluding carboxylic acids is 2. The lowest BCUT2D eigenvalue weighted by Gasteiger charge is -2.19. The predicted octanol–water partition coefficient (Wildman–Crippen LogP) is 5.03. The monoisotopic (exact) mass is 513 g/mol. The highest BCUT2D eigenvalue weighted by Gasteiger charge is 2.42. The molecule has 0 spiro atoms. The molecule has 0 atom stereocenters. The second kappa shape index (κ2) is 8.98. The second-order valence-electron chi connectivity index (χ2n) is 8.94. The summed E-state index contributed by atoms with van der Waals surface area (Å²) in [6.45, 7) is 8.22. The summed E-state index contributed by atoms with van der Waals surface area (Å²) in [7, 11) is -4.06. The number of nitrogens with one attached hydrogen (secondary N) is 1. The first-order valence-corrected chi connectivity index (χ1v) is 12.7. The Labute approximate surface area is 208 Å². The van der Waals surface area contributed by atoms with Crippen molar-refractivity contribution in [3.63, 3.8) is 0 Å². The van der Waals surface area contributed by atoms with E-state index in [2.05, 4.69) is 9.71 Å². The Morgan fingerprint density at radius 2 is 1.63 bits per heavy atom. The van der Waals surface area contributed by atoms with Gasteiger partial charge in [-0.1, -0.05) is 50.6 Å². The number of pyridine rings is 1. The molecule has 0 unspecified atom stereocenters. The molecule has 35 heavy (non-hydrogen) atoms. The van der Waals surface area contributed by atoms with E-state index in [1.54, 1.807) is 31.2 Å². The topological polar surface area (TPSA) is 106 Å². The van der Waals surface area contributed by atoms with Gasteiger partial charge in [-0.15, -0.1) is 0 Å². The maximum Gasteiger partial charge on any atom is 0.269 e. The number of imide groups is 1. The summed E-state index contributed by atoms with van der Waals surface area (Å²) < 4.78 is 34.1. The molecule has 0 saturated heterocycles. The van der Waals surface area contributed by atoms with Crippen LogP contribution in [0.2, 0.25) is 5.02 Å². The lowest BCUT2D eigenvalue weighted by molar-refractivity contribution is 0.0925. The predicted molar refractivity (Wildman–Crippen MR) is 134 cm³/mol. The Bertz CT molecular complexity index is 1430. The number of fused-ring (bicyclic) bond motifs is 1. The van der Waals surface area contributed by atoms with Crippen molar-refractivity contribution in [2.75, 3.05) is 16.2 Å². The number of hydrogen-bond donors (Lipinski definition) is 1. The number of anilines is 2.